The molecule has 0 saturated heterocycles. The molecule has 0 radical (unpaired) electrons. The number of ether oxygens (including phenoxy) is 1. The second-order valence-electron chi connectivity index (χ2n) is 8.75. The fourth-order valence-corrected chi connectivity index (χ4v) is 4.29. The molecule has 0 saturated carbocycles. The molecule has 9 heteroatoms. The first-order chi connectivity index (χ1) is 17.3. The lowest BCUT2D eigenvalue weighted by atomic mass is 10.0. The number of benzene rings is 2. The summed E-state index contributed by atoms with van der Waals surface area (Å²) in [6, 6.07) is 14.6. The lowest BCUT2D eigenvalue weighted by Crippen LogP contribution is -2.37. The van der Waals surface area contributed by atoms with Gasteiger partial charge in [0.1, 0.15) is 18.1 Å². The number of pyridine rings is 1. The molecule has 2 aromatic carbocycles. The van der Waals surface area contributed by atoms with E-state index in [9.17, 15) is 9.59 Å². The van der Waals surface area contributed by atoms with Gasteiger partial charge in [-0.3, -0.25) is 14.2 Å². The molecule has 186 valence electrons. The van der Waals surface area contributed by atoms with E-state index in [1.165, 1.54) is 4.57 Å². The van der Waals surface area contributed by atoms with Gasteiger partial charge in [0.2, 0.25) is 5.91 Å². The number of nitrogens with zero attached hydrogens (tertiary/aromatic N) is 3. The summed E-state index contributed by atoms with van der Waals surface area (Å²) in [5, 5.41) is 6.86. The quantitative estimate of drug-likeness (QED) is 0.375. The van der Waals surface area contributed by atoms with E-state index in [1.807, 2.05) is 51.2 Å². The van der Waals surface area contributed by atoms with Gasteiger partial charge in [0.05, 0.1) is 12.5 Å². The van der Waals surface area contributed by atoms with Crippen molar-refractivity contribution in [3.05, 3.63) is 75.7 Å². The normalized spacial score (nSPS) is 11.2. The highest BCUT2D eigenvalue weighted by Crippen LogP contribution is 2.27. The lowest BCUT2D eigenvalue weighted by Gasteiger charge is -2.15. The van der Waals surface area contributed by atoms with Gasteiger partial charge in [-0.2, -0.15) is 0 Å². The topological polar surface area (TPSA) is 98.1 Å². The Bertz CT molecular complexity index is 1480. The molecule has 2 aromatic heterocycles. The molecule has 2 N–H and O–H groups in total. The SMILES string of the molecule is CNCc1cc(Cl)cc(-c2cnc3nc(-c4cccc(OC)c4)n(CC(=O)NC(C)C)c(=O)c3c2)c1. The minimum atomic E-state index is -0.358. The van der Waals surface area contributed by atoms with Crippen LogP contribution in [0.5, 0.6) is 5.75 Å². The Morgan fingerprint density at radius 3 is 2.64 bits per heavy atom. The summed E-state index contributed by atoms with van der Waals surface area (Å²) in [7, 11) is 3.43. The largest absolute Gasteiger partial charge is 0.497 e. The highest BCUT2D eigenvalue weighted by molar-refractivity contribution is 6.31. The molecule has 0 aliphatic heterocycles. The Morgan fingerprint density at radius 2 is 1.92 bits per heavy atom. The number of nitrogens with one attached hydrogen (secondary N) is 2. The summed E-state index contributed by atoms with van der Waals surface area (Å²) in [5.74, 6) is 0.666. The smallest absolute Gasteiger partial charge is 0.263 e. The molecule has 1 amide bonds. The van der Waals surface area contributed by atoms with Crippen LogP contribution in [-0.2, 0) is 17.9 Å². The molecule has 0 aliphatic carbocycles. The molecule has 0 bridgehead atoms. The van der Waals surface area contributed by atoms with Gasteiger partial charge in [0.25, 0.3) is 5.56 Å². The summed E-state index contributed by atoms with van der Waals surface area (Å²) >= 11 is 6.34. The number of halogens is 1. The Labute approximate surface area is 214 Å². The van der Waals surface area contributed by atoms with Crippen molar-refractivity contribution in [3.63, 3.8) is 0 Å². The zero-order chi connectivity index (χ0) is 25.8. The Morgan fingerprint density at radius 1 is 1.11 bits per heavy atom. The molecule has 4 aromatic rings. The molecule has 36 heavy (non-hydrogen) atoms. The number of hydrogen-bond donors (Lipinski definition) is 2. The van der Waals surface area contributed by atoms with Crippen LogP contribution in [0.1, 0.15) is 19.4 Å². The van der Waals surface area contributed by atoms with Crippen LogP contribution in [-0.4, -0.2) is 40.6 Å². The summed E-state index contributed by atoms with van der Waals surface area (Å²) in [5.41, 5.74) is 3.15. The molecule has 0 atom stereocenters. The van der Waals surface area contributed by atoms with Crippen molar-refractivity contribution in [2.24, 2.45) is 0 Å². The van der Waals surface area contributed by atoms with Gasteiger partial charge in [-0.1, -0.05) is 23.7 Å². The van der Waals surface area contributed by atoms with Crippen LogP contribution >= 0.6 is 11.6 Å². The fourth-order valence-electron chi connectivity index (χ4n) is 4.03. The van der Waals surface area contributed by atoms with Gasteiger partial charge in [0, 0.05) is 34.9 Å². The molecule has 8 nitrogen and oxygen atoms in total. The van der Waals surface area contributed by atoms with Gasteiger partial charge < -0.3 is 15.4 Å². The predicted molar refractivity (Wildman–Crippen MR) is 142 cm³/mol. The third-order valence-corrected chi connectivity index (χ3v) is 5.78. The lowest BCUT2D eigenvalue weighted by molar-refractivity contribution is -0.122. The van der Waals surface area contributed by atoms with E-state index < -0.39 is 0 Å². The molecular formula is C27H28ClN5O3. The van der Waals surface area contributed by atoms with Crippen molar-refractivity contribution < 1.29 is 9.53 Å². The molecule has 0 unspecified atom stereocenters. The molecule has 0 spiro atoms. The van der Waals surface area contributed by atoms with Gasteiger partial charge in [-0.15, -0.1) is 0 Å². The first-order valence-electron chi connectivity index (χ1n) is 11.6. The van der Waals surface area contributed by atoms with Crippen LogP contribution < -0.4 is 20.9 Å². The fraction of sp³-hybridized carbons (Fsp3) is 0.259. The predicted octanol–water partition coefficient (Wildman–Crippen LogP) is 4.03. The van der Waals surface area contributed by atoms with E-state index in [0.717, 1.165) is 16.7 Å². The highest BCUT2D eigenvalue weighted by Gasteiger charge is 2.18. The molecule has 0 aliphatic rings. The van der Waals surface area contributed by atoms with Crippen molar-refractivity contribution in [2.75, 3.05) is 14.2 Å². The average molecular weight is 506 g/mol. The zero-order valence-corrected chi connectivity index (χ0v) is 21.4. The van der Waals surface area contributed by atoms with Crippen LogP contribution in [0.25, 0.3) is 33.5 Å². The number of aromatic nitrogens is 3. The minimum absolute atomic E-state index is 0.0650. The first kappa shape index (κ1) is 25.3. The van der Waals surface area contributed by atoms with Crippen LogP contribution in [0, 0.1) is 0 Å². The second kappa shape index (κ2) is 10.9. The Hall–Kier alpha value is -3.75. The monoisotopic (exact) mass is 505 g/mol. The summed E-state index contributed by atoms with van der Waals surface area (Å²) in [6.45, 7) is 4.20. The van der Waals surface area contributed by atoms with Gasteiger partial charge in [0.15, 0.2) is 5.65 Å². The number of methoxy groups -OCH3 is 1. The highest BCUT2D eigenvalue weighted by atomic mass is 35.5. The molecule has 2 heterocycles. The van der Waals surface area contributed by atoms with Crippen LogP contribution in [0.2, 0.25) is 5.02 Å². The minimum Gasteiger partial charge on any atom is -0.497 e. The van der Waals surface area contributed by atoms with Crippen molar-refractivity contribution in [1.29, 1.82) is 0 Å². The molecule has 4 rings (SSSR count). The first-order valence-corrected chi connectivity index (χ1v) is 12.0. The standard InChI is InChI=1S/C27H28ClN5O3/c1-16(2)31-24(34)15-33-26(18-6-5-7-22(11-18)36-4)32-25-23(27(33)35)12-20(14-30-25)19-8-17(13-29-3)9-21(28)10-19/h5-12,14,16,29H,13,15H2,1-4H3,(H,31,34). The Balaban J connectivity index is 1.90. The third kappa shape index (κ3) is 5.56. The van der Waals surface area contributed by atoms with Gasteiger partial charge in [-0.05, 0) is 68.4 Å². The number of carbonyl (C=O) groups excluding carboxylic acids is 1. The van der Waals surface area contributed by atoms with E-state index in [2.05, 4.69) is 15.6 Å². The van der Waals surface area contributed by atoms with Crippen LogP contribution in [0.4, 0.5) is 0 Å². The number of rotatable bonds is 8. The van der Waals surface area contributed by atoms with E-state index in [-0.39, 0.29) is 24.1 Å². The van der Waals surface area contributed by atoms with E-state index in [4.69, 9.17) is 21.3 Å². The third-order valence-electron chi connectivity index (χ3n) is 5.56. The van der Waals surface area contributed by atoms with E-state index in [1.54, 1.807) is 31.5 Å². The van der Waals surface area contributed by atoms with E-state index >= 15 is 0 Å². The molecule has 0 fully saturated rings. The van der Waals surface area contributed by atoms with Crippen molar-refractivity contribution in [1.82, 2.24) is 25.2 Å². The van der Waals surface area contributed by atoms with Crippen LogP contribution in [0.3, 0.4) is 0 Å². The van der Waals surface area contributed by atoms with Crippen molar-refractivity contribution >= 4 is 28.5 Å². The van der Waals surface area contributed by atoms with Gasteiger partial charge >= 0.3 is 0 Å². The van der Waals surface area contributed by atoms with Crippen molar-refractivity contribution in [3.8, 4) is 28.3 Å². The zero-order valence-electron chi connectivity index (χ0n) is 20.6. The average Bonchev–Trinajstić information content (AvgIpc) is 2.85. The second-order valence-corrected chi connectivity index (χ2v) is 9.19. The summed E-state index contributed by atoms with van der Waals surface area (Å²) in [4.78, 5) is 35.6. The maximum atomic E-state index is 13.8. The van der Waals surface area contributed by atoms with Crippen molar-refractivity contribution in [2.45, 2.75) is 33.0 Å². The summed E-state index contributed by atoms with van der Waals surface area (Å²) < 4.78 is 6.72. The molecular weight excluding hydrogens is 478 g/mol. The number of amides is 1. The Kier molecular flexibility index (Phi) is 7.67. The maximum Gasteiger partial charge on any atom is 0.263 e. The number of hydrogen-bond acceptors (Lipinski definition) is 6. The summed E-state index contributed by atoms with van der Waals surface area (Å²) in [6.07, 6.45) is 1.68. The number of fused-ring (bicyclic) bond motifs is 1. The number of carbonyl (C=O) groups is 1. The van der Waals surface area contributed by atoms with Crippen LogP contribution in [0.15, 0.2) is 59.5 Å². The maximum absolute atomic E-state index is 13.8. The van der Waals surface area contributed by atoms with Gasteiger partial charge in [-0.25, -0.2) is 9.97 Å². The van der Waals surface area contributed by atoms with E-state index in [0.29, 0.717) is 39.7 Å².